The Morgan fingerprint density at radius 2 is 2.18 bits per heavy atom. The Bertz CT molecular complexity index is 306. The summed E-state index contributed by atoms with van der Waals surface area (Å²) < 4.78 is 4.94. The van der Waals surface area contributed by atoms with Crippen molar-refractivity contribution in [2.24, 2.45) is 17.8 Å². The third kappa shape index (κ3) is 3.45. The second-order valence-corrected chi connectivity index (χ2v) is 5.26. The van der Waals surface area contributed by atoms with Crippen molar-refractivity contribution in [3.63, 3.8) is 0 Å². The number of ether oxygens (including phenoxy) is 1. The normalized spacial score (nSPS) is 29.5. The second-order valence-electron chi connectivity index (χ2n) is 5.26. The van der Waals surface area contributed by atoms with Crippen LogP contribution in [0.5, 0.6) is 0 Å². The van der Waals surface area contributed by atoms with E-state index in [1.807, 2.05) is 0 Å². The van der Waals surface area contributed by atoms with Crippen LogP contribution in [0.4, 0.5) is 0 Å². The van der Waals surface area contributed by atoms with Crippen LogP contribution in [0.1, 0.15) is 38.5 Å². The van der Waals surface area contributed by atoms with E-state index in [2.05, 4.69) is 18.7 Å². The Balaban J connectivity index is 1.48. The first-order valence-corrected chi connectivity index (χ1v) is 6.77. The SMILES string of the molecule is C=CC(=O)OCCCCCC1CC2C=CC1C2. The number of hydrogen-bond donors (Lipinski definition) is 0. The minimum Gasteiger partial charge on any atom is -0.463 e. The van der Waals surface area contributed by atoms with Crippen molar-refractivity contribution in [3.05, 3.63) is 24.8 Å². The number of fused-ring (bicyclic) bond motifs is 2. The third-order valence-electron chi connectivity index (χ3n) is 4.05. The molecule has 94 valence electrons. The maximum Gasteiger partial charge on any atom is 0.330 e. The minimum atomic E-state index is -0.303. The third-order valence-corrected chi connectivity index (χ3v) is 4.05. The summed E-state index contributed by atoms with van der Waals surface area (Å²) in [5.41, 5.74) is 0. The molecule has 0 saturated heterocycles. The highest BCUT2D eigenvalue weighted by Crippen LogP contribution is 2.45. The molecule has 0 aromatic heterocycles. The molecular weight excluding hydrogens is 212 g/mol. The number of rotatable bonds is 7. The van der Waals surface area contributed by atoms with Crippen molar-refractivity contribution >= 4 is 5.97 Å². The van der Waals surface area contributed by atoms with E-state index in [9.17, 15) is 4.79 Å². The summed E-state index contributed by atoms with van der Waals surface area (Å²) in [5, 5.41) is 0. The molecular formula is C15H22O2. The van der Waals surface area contributed by atoms with Gasteiger partial charge in [-0.1, -0.05) is 31.6 Å². The molecule has 2 nitrogen and oxygen atoms in total. The van der Waals surface area contributed by atoms with Gasteiger partial charge in [0.25, 0.3) is 0 Å². The van der Waals surface area contributed by atoms with Crippen molar-refractivity contribution in [1.82, 2.24) is 0 Å². The predicted octanol–water partition coefficient (Wildman–Crippen LogP) is 3.49. The molecule has 1 saturated carbocycles. The average molecular weight is 234 g/mol. The first kappa shape index (κ1) is 12.4. The van der Waals surface area contributed by atoms with Crippen molar-refractivity contribution in [2.75, 3.05) is 6.61 Å². The van der Waals surface area contributed by atoms with Gasteiger partial charge in [0.1, 0.15) is 0 Å². The molecule has 0 N–H and O–H groups in total. The van der Waals surface area contributed by atoms with E-state index in [0.717, 1.165) is 24.2 Å². The van der Waals surface area contributed by atoms with Gasteiger partial charge in [0, 0.05) is 6.08 Å². The minimum absolute atomic E-state index is 0.303. The lowest BCUT2D eigenvalue weighted by Crippen LogP contribution is -2.07. The van der Waals surface area contributed by atoms with Gasteiger partial charge in [-0.25, -0.2) is 4.79 Å². The molecule has 0 aromatic rings. The van der Waals surface area contributed by atoms with E-state index in [4.69, 9.17) is 4.74 Å². The van der Waals surface area contributed by atoms with Crippen molar-refractivity contribution < 1.29 is 9.53 Å². The van der Waals surface area contributed by atoms with Crippen LogP contribution in [0.2, 0.25) is 0 Å². The molecule has 2 bridgehead atoms. The molecule has 0 heterocycles. The summed E-state index contributed by atoms with van der Waals surface area (Å²) >= 11 is 0. The molecule has 2 aliphatic carbocycles. The molecule has 0 spiro atoms. The molecule has 2 aliphatic rings. The molecule has 2 rings (SSSR count). The van der Waals surface area contributed by atoms with Crippen LogP contribution < -0.4 is 0 Å². The van der Waals surface area contributed by atoms with Gasteiger partial charge in [-0.2, -0.15) is 0 Å². The maximum atomic E-state index is 10.8. The van der Waals surface area contributed by atoms with Gasteiger partial charge in [-0.15, -0.1) is 0 Å². The van der Waals surface area contributed by atoms with E-state index in [1.54, 1.807) is 0 Å². The van der Waals surface area contributed by atoms with Crippen molar-refractivity contribution in [1.29, 1.82) is 0 Å². The van der Waals surface area contributed by atoms with Gasteiger partial charge < -0.3 is 4.74 Å². The Labute approximate surface area is 104 Å². The summed E-state index contributed by atoms with van der Waals surface area (Å²) in [6.45, 7) is 3.91. The van der Waals surface area contributed by atoms with E-state index < -0.39 is 0 Å². The second kappa shape index (κ2) is 6.04. The van der Waals surface area contributed by atoms with Crippen LogP contribution in [-0.2, 0) is 9.53 Å². The summed E-state index contributed by atoms with van der Waals surface area (Å²) in [4.78, 5) is 10.8. The largest absolute Gasteiger partial charge is 0.463 e. The van der Waals surface area contributed by atoms with Crippen LogP contribution in [0.25, 0.3) is 0 Å². The maximum absolute atomic E-state index is 10.8. The van der Waals surface area contributed by atoms with E-state index in [1.165, 1.54) is 38.2 Å². The van der Waals surface area contributed by atoms with E-state index in [0.29, 0.717) is 6.61 Å². The number of carbonyl (C=O) groups excluding carboxylic acids is 1. The van der Waals surface area contributed by atoms with Crippen LogP contribution >= 0.6 is 0 Å². The molecule has 2 heteroatoms. The lowest BCUT2D eigenvalue weighted by Gasteiger charge is -2.17. The average Bonchev–Trinajstić information content (AvgIpc) is 2.95. The lowest BCUT2D eigenvalue weighted by atomic mass is 9.89. The highest BCUT2D eigenvalue weighted by molar-refractivity contribution is 5.81. The molecule has 1 fully saturated rings. The molecule has 17 heavy (non-hydrogen) atoms. The number of esters is 1. The summed E-state index contributed by atoms with van der Waals surface area (Å²) in [5.74, 6) is 2.39. The zero-order valence-electron chi connectivity index (χ0n) is 10.4. The highest BCUT2D eigenvalue weighted by Gasteiger charge is 2.34. The van der Waals surface area contributed by atoms with Gasteiger partial charge in [0.2, 0.25) is 0 Å². The lowest BCUT2D eigenvalue weighted by molar-refractivity contribution is -0.137. The summed E-state index contributed by atoms with van der Waals surface area (Å²) in [6, 6.07) is 0. The molecule has 3 atom stereocenters. The van der Waals surface area contributed by atoms with Gasteiger partial charge in [0.15, 0.2) is 0 Å². The van der Waals surface area contributed by atoms with Crippen LogP contribution in [0, 0.1) is 17.8 Å². The van der Waals surface area contributed by atoms with Crippen LogP contribution in [0.15, 0.2) is 24.8 Å². The van der Waals surface area contributed by atoms with Gasteiger partial charge in [-0.05, 0) is 43.4 Å². The van der Waals surface area contributed by atoms with Crippen LogP contribution in [-0.4, -0.2) is 12.6 Å². The van der Waals surface area contributed by atoms with E-state index in [-0.39, 0.29) is 5.97 Å². The first-order valence-electron chi connectivity index (χ1n) is 6.77. The number of unbranched alkanes of at least 4 members (excludes halogenated alkanes) is 2. The van der Waals surface area contributed by atoms with E-state index >= 15 is 0 Å². The molecule has 3 unspecified atom stereocenters. The standard InChI is InChI=1S/C15H22O2/c1-2-15(16)17-9-5-3-4-6-13-10-12-7-8-14(13)11-12/h2,7-8,12-14H,1,3-6,9-11H2. The Morgan fingerprint density at radius 3 is 2.82 bits per heavy atom. The molecule has 0 aromatic carbocycles. The Kier molecular flexibility index (Phi) is 4.41. The number of hydrogen-bond acceptors (Lipinski definition) is 2. The Hall–Kier alpha value is -1.05. The summed E-state index contributed by atoms with van der Waals surface area (Å²) in [6.07, 6.45) is 13.6. The van der Waals surface area contributed by atoms with Gasteiger partial charge in [-0.3, -0.25) is 0 Å². The molecule has 0 radical (unpaired) electrons. The topological polar surface area (TPSA) is 26.3 Å². The highest BCUT2D eigenvalue weighted by atomic mass is 16.5. The zero-order chi connectivity index (χ0) is 12.1. The zero-order valence-corrected chi connectivity index (χ0v) is 10.4. The number of allylic oxidation sites excluding steroid dienone is 2. The fraction of sp³-hybridized carbons (Fsp3) is 0.667. The van der Waals surface area contributed by atoms with Crippen molar-refractivity contribution in [2.45, 2.75) is 38.5 Å². The van der Waals surface area contributed by atoms with Crippen LogP contribution in [0.3, 0.4) is 0 Å². The van der Waals surface area contributed by atoms with Gasteiger partial charge in [0.05, 0.1) is 6.61 Å². The Morgan fingerprint density at radius 1 is 1.29 bits per heavy atom. The molecule has 0 amide bonds. The number of carbonyl (C=O) groups is 1. The quantitative estimate of drug-likeness (QED) is 0.292. The smallest absolute Gasteiger partial charge is 0.330 e. The van der Waals surface area contributed by atoms with Gasteiger partial charge >= 0.3 is 5.97 Å². The predicted molar refractivity (Wildman–Crippen MR) is 68.5 cm³/mol. The fourth-order valence-electron chi connectivity index (χ4n) is 3.14. The fourth-order valence-corrected chi connectivity index (χ4v) is 3.14. The monoisotopic (exact) mass is 234 g/mol. The first-order chi connectivity index (χ1) is 8.29. The molecule has 0 aliphatic heterocycles. The van der Waals surface area contributed by atoms with Crippen molar-refractivity contribution in [3.8, 4) is 0 Å². The summed E-state index contributed by atoms with van der Waals surface area (Å²) in [7, 11) is 0.